The molecule has 0 spiro atoms. The van der Waals surface area contributed by atoms with Gasteiger partial charge in [0.25, 0.3) is 0 Å². The summed E-state index contributed by atoms with van der Waals surface area (Å²) in [6.45, 7) is 4.99. The van der Waals surface area contributed by atoms with Crippen molar-refractivity contribution in [1.82, 2.24) is 4.98 Å². The predicted octanol–water partition coefficient (Wildman–Crippen LogP) is 4.06. The molecule has 0 fully saturated rings. The van der Waals surface area contributed by atoms with Gasteiger partial charge in [-0.2, -0.15) is 0 Å². The third-order valence-corrected chi connectivity index (χ3v) is 3.56. The Balaban J connectivity index is 1.71. The quantitative estimate of drug-likeness (QED) is 0.865. The SMILES string of the molecule is CC1(C)Cc2cc(CNc3ccnc(Cl)c3)ccc2O1. The van der Waals surface area contributed by atoms with E-state index in [0.717, 1.165) is 24.4 Å². The number of hydrogen-bond acceptors (Lipinski definition) is 3. The second-order valence-corrected chi connectivity index (χ2v) is 6.09. The fraction of sp³-hybridized carbons (Fsp3) is 0.312. The smallest absolute Gasteiger partial charge is 0.131 e. The number of benzene rings is 1. The van der Waals surface area contributed by atoms with Gasteiger partial charge in [0.2, 0.25) is 0 Å². The second-order valence-electron chi connectivity index (χ2n) is 5.70. The minimum Gasteiger partial charge on any atom is -0.487 e. The van der Waals surface area contributed by atoms with E-state index in [1.54, 1.807) is 6.20 Å². The van der Waals surface area contributed by atoms with Crippen LogP contribution in [0.3, 0.4) is 0 Å². The molecular formula is C16H17ClN2O. The summed E-state index contributed by atoms with van der Waals surface area (Å²) in [5.74, 6) is 1.01. The predicted molar refractivity (Wildman–Crippen MR) is 81.4 cm³/mol. The van der Waals surface area contributed by atoms with Gasteiger partial charge in [-0.05, 0) is 43.2 Å². The van der Waals surface area contributed by atoms with Gasteiger partial charge in [0.05, 0.1) is 0 Å². The van der Waals surface area contributed by atoms with Crippen LogP contribution >= 0.6 is 11.6 Å². The lowest BCUT2D eigenvalue weighted by Crippen LogP contribution is -2.24. The Labute approximate surface area is 123 Å². The summed E-state index contributed by atoms with van der Waals surface area (Å²) in [5, 5.41) is 3.85. The van der Waals surface area contributed by atoms with Crippen molar-refractivity contribution < 1.29 is 4.74 Å². The highest BCUT2D eigenvalue weighted by molar-refractivity contribution is 6.29. The van der Waals surface area contributed by atoms with Crippen LogP contribution in [0, 0.1) is 0 Å². The van der Waals surface area contributed by atoms with Crippen LogP contribution in [0.5, 0.6) is 5.75 Å². The fourth-order valence-corrected chi connectivity index (χ4v) is 2.66. The number of nitrogens with one attached hydrogen (secondary N) is 1. The summed E-state index contributed by atoms with van der Waals surface area (Å²) < 4.78 is 5.88. The first-order valence-electron chi connectivity index (χ1n) is 6.68. The number of ether oxygens (including phenoxy) is 1. The van der Waals surface area contributed by atoms with E-state index in [2.05, 4.69) is 42.3 Å². The number of anilines is 1. The number of halogens is 1. The Hall–Kier alpha value is -1.74. The van der Waals surface area contributed by atoms with Crippen LogP contribution in [-0.2, 0) is 13.0 Å². The average Bonchev–Trinajstić information content (AvgIpc) is 2.69. The molecule has 20 heavy (non-hydrogen) atoms. The van der Waals surface area contributed by atoms with E-state index in [0.29, 0.717) is 5.15 Å². The Morgan fingerprint density at radius 3 is 2.95 bits per heavy atom. The summed E-state index contributed by atoms with van der Waals surface area (Å²) in [6, 6.07) is 10.1. The molecule has 0 radical (unpaired) electrons. The number of nitrogens with zero attached hydrogens (tertiary/aromatic N) is 1. The van der Waals surface area contributed by atoms with Crippen LogP contribution in [0.2, 0.25) is 5.15 Å². The molecule has 104 valence electrons. The lowest BCUT2D eigenvalue weighted by molar-refractivity contribution is 0.138. The van der Waals surface area contributed by atoms with Gasteiger partial charge < -0.3 is 10.1 Å². The van der Waals surface area contributed by atoms with Crippen LogP contribution < -0.4 is 10.1 Å². The molecule has 0 saturated heterocycles. The van der Waals surface area contributed by atoms with Gasteiger partial charge in [-0.1, -0.05) is 23.7 Å². The Morgan fingerprint density at radius 2 is 2.15 bits per heavy atom. The molecule has 1 aromatic heterocycles. The summed E-state index contributed by atoms with van der Waals surface area (Å²) in [5.41, 5.74) is 3.40. The highest BCUT2D eigenvalue weighted by Crippen LogP contribution is 2.35. The zero-order valence-electron chi connectivity index (χ0n) is 11.6. The van der Waals surface area contributed by atoms with E-state index in [1.807, 2.05) is 12.1 Å². The van der Waals surface area contributed by atoms with Gasteiger partial charge in [-0.25, -0.2) is 4.98 Å². The van der Waals surface area contributed by atoms with Crippen molar-refractivity contribution in [2.75, 3.05) is 5.32 Å². The standard InChI is InChI=1S/C16H17ClN2O/c1-16(2)9-12-7-11(3-4-14(12)20-16)10-19-13-5-6-18-15(17)8-13/h3-8H,9-10H2,1-2H3,(H,18,19). The molecule has 3 nitrogen and oxygen atoms in total. The van der Waals surface area contributed by atoms with E-state index in [1.165, 1.54) is 11.1 Å². The lowest BCUT2D eigenvalue weighted by atomic mass is 10.0. The van der Waals surface area contributed by atoms with Crippen molar-refractivity contribution in [2.24, 2.45) is 0 Å². The minimum atomic E-state index is -0.0903. The van der Waals surface area contributed by atoms with Gasteiger partial charge >= 0.3 is 0 Å². The van der Waals surface area contributed by atoms with Gasteiger partial charge in [0, 0.05) is 24.8 Å². The molecular weight excluding hydrogens is 272 g/mol. The summed E-state index contributed by atoms with van der Waals surface area (Å²) in [6.07, 6.45) is 2.65. The van der Waals surface area contributed by atoms with E-state index < -0.39 is 0 Å². The monoisotopic (exact) mass is 288 g/mol. The summed E-state index contributed by atoms with van der Waals surface area (Å²) >= 11 is 5.87. The van der Waals surface area contributed by atoms with Gasteiger partial charge in [0.1, 0.15) is 16.5 Å². The van der Waals surface area contributed by atoms with Gasteiger partial charge in [-0.3, -0.25) is 0 Å². The fourth-order valence-electron chi connectivity index (χ4n) is 2.49. The molecule has 0 amide bonds. The topological polar surface area (TPSA) is 34.2 Å². The van der Waals surface area contributed by atoms with Crippen LogP contribution in [0.25, 0.3) is 0 Å². The Bertz CT molecular complexity index is 640. The van der Waals surface area contributed by atoms with E-state index in [-0.39, 0.29) is 5.60 Å². The molecule has 0 aliphatic carbocycles. The maximum Gasteiger partial charge on any atom is 0.131 e. The van der Waals surface area contributed by atoms with Crippen molar-refractivity contribution in [3.05, 3.63) is 52.8 Å². The number of hydrogen-bond donors (Lipinski definition) is 1. The third-order valence-electron chi connectivity index (χ3n) is 3.35. The Morgan fingerprint density at radius 1 is 1.30 bits per heavy atom. The van der Waals surface area contributed by atoms with Crippen molar-refractivity contribution >= 4 is 17.3 Å². The first kappa shape index (κ1) is 13.3. The number of aromatic nitrogens is 1. The summed E-state index contributed by atoms with van der Waals surface area (Å²) in [7, 11) is 0. The van der Waals surface area contributed by atoms with Crippen molar-refractivity contribution in [1.29, 1.82) is 0 Å². The number of rotatable bonds is 3. The molecule has 4 heteroatoms. The highest BCUT2D eigenvalue weighted by Gasteiger charge is 2.29. The van der Waals surface area contributed by atoms with Crippen molar-refractivity contribution in [3.63, 3.8) is 0 Å². The molecule has 2 heterocycles. The lowest BCUT2D eigenvalue weighted by Gasteiger charge is -2.16. The van der Waals surface area contributed by atoms with Crippen LogP contribution in [0.15, 0.2) is 36.5 Å². The Kier molecular flexibility index (Phi) is 3.30. The van der Waals surface area contributed by atoms with Gasteiger partial charge in [-0.15, -0.1) is 0 Å². The number of pyridine rings is 1. The van der Waals surface area contributed by atoms with Crippen LogP contribution in [-0.4, -0.2) is 10.6 Å². The van der Waals surface area contributed by atoms with Crippen LogP contribution in [0.1, 0.15) is 25.0 Å². The first-order valence-corrected chi connectivity index (χ1v) is 7.06. The molecule has 1 N–H and O–H groups in total. The molecule has 0 atom stereocenters. The van der Waals surface area contributed by atoms with E-state index in [9.17, 15) is 0 Å². The molecule has 1 aliphatic heterocycles. The minimum absolute atomic E-state index is 0.0903. The second kappa shape index (κ2) is 4.98. The normalized spacial score (nSPS) is 15.6. The highest BCUT2D eigenvalue weighted by atomic mass is 35.5. The first-order chi connectivity index (χ1) is 9.52. The van der Waals surface area contributed by atoms with E-state index in [4.69, 9.17) is 16.3 Å². The van der Waals surface area contributed by atoms with Crippen molar-refractivity contribution in [2.45, 2.75) is 32.4 Å². The third kappa shape index (κ3) is 2.88. The van der Waals surface area contributed by atoms with Gasteiger partial charge in [0.15, 0.2) is 0 Å². The molecule has 0 bridgehead atoms. The maximum atomic E-state index is 5.88. The largest absolute Gasteiger partial charge is 0.487 e. The van der Waals surface area contributed by atoms with Crippen molar-refractivity contribution in [3.8, 4) is 5.75 Å². The molecule has 3 rings (SSSR count). The average molecular weight is 289 g/mol. The maximum absolute atomic E-state index is 5.88. The molecule has 0 saturated carbocycles. The molecule has 0 unspecified atom stereocenters. The zero-order chi connectivity index (χ0) is 14.2. The number of fused-ring (bicyclic) bond motifs is 1. The zero-order valence-corrected chi connectivity index (χ0v) is 12.4. The van der Waals surface area contributed by atoms with Crippen LogP contribution in [0.4, 0.5) is 5.69 Å². The van der Waals surface area contributed by atoms with E-state index >= 15 is 0 Å². The molecule has 2 aromatic rings. The molecule has 1 aliphatic rings. The molecule has 1 aromatic carbocycles. The summed E-state index contributed by atoms with van der Waals surface area (Å²) in [4.78, 5) is 3.97.